The lowest BCUT2D eigenvalue weighted by Crippen LogP contribution is -2.28. The maximum atomic E-state index is 12.0. The first-order valence-electron chi connectivity index (χ1n) is 8.55. The van der Waals surface area contributed by atoms with Gasteiger partial charge in [0.15, 0.2) is 5.75 Å². The van der Waals surface area contributed by atoms with Crippen molar-refractivity contribution >= 4 is 0 Å². The van der Waals surface area contributed by atoms with E-state index >= 15 is 0 Å². The molecule has 0 bridgehead atoms. The van der Waals surface area contributed by atoms with Crippen molar-refractivity contribution in [2.24, 2.45) is 5.92 Å². The van der Waals surface area contributed by atoms with Crippen LogP contribution in [0.5, 0.6) is 5.75 Å². The molecule has 0 spiro atoms. The van der Waals surface area contributed by atoms with E-state index in [1.807, 2.05) is 6.92 Å². The van der Waals surface area contributed by atoms with Gasteiger partial charge in [-0.25, -0.2) is 0 Å². The molecular formula is C18H32N2O2. The Labute approximate surface area is 134 Å². The quantitative estimate of drug-likeness (QED) is 0.759. The fourth-order valence-electron chi connectivity index (χ4n) is 2.62. The van der Waals surface area contributed by atoms with Crippen LogP contribution in [-0.2, 0) is 13.1 Å². The molecule has 0 aliphatic carbocycles. The first-order valence-corrected chi connectivity index (χ1v) is 8.55. The van der Waals surface area contributed by atoms with E-state index in [0.717, 1.165) is 50.3 Å². The van der Waals surface area contributed by atoms with Crippen molar-refractivity contribution in [3.8, 4) is 5.75 Å². The molecule has 0 saturated carbocycles. The Morgan fingerprint density at radius 2 is 2.00 bits per heavy atom. The summed E-state index contributed by atoms with van der Waals surface area (Å²) < 4.78 is 2.12. The summed E-state index contributed by atoms with van der Waals surface area (Å²) in [5.41, 5.74) is 1.44. The number of aromatic hydroxyl groups is 1. The van der Waals surface area contributed by atoms with Gasteiger partial charge in [-0.1, -0.05) is 34.1 Å². The van der Waals surface area contributed by atoms with E-state index in [9.17, 15) is 9.90 Å². The standard InChI is InChI=1S/C18H32N2O2/c1-6-8-10-19(7-2)13-16-18(22)17(21)12-15(5)20(16)11-9-14(3)4/h12,14,22H,6-11,13H2,1-5H3. The highest BCUT2D eigenvalue weighted by molar-refractivity contribution is 5.29. The normalized spacial score (nSPS) is 11.6. The van der Waals surface area contributed by atoms with Gasteiger partial charge >= 0.3 is 0 Å². The predicted octanol–water partition coefficient (Wildman–Crippen LogP) is 3.53. The van der Waals surface area contributed by atoms with E-state index in [-0.39, 0.29) is 11.2 Å². The molecular weight excluding hydrogens is 276 g/mol. The molecule has 0 aliphatic heterocycles. The van der Waals surface area contributed by atoms with Crippen molar-refractivity contribution in [1.82, 2.24) is 9.47 Å². The first kappa shape index (κ1) is 18.8. The van der Waals surface area contributed by atoms with Crippen molar-refractivity contribution in [2.45, 2.75) is 67.0 Å². The van der Waals surface area contributed by atoms with Crippen LogP contribution < -0.4 is 5.43 Å². The lowest BCUT2D eigenvalue weighted by molar-refractivity contribution is 0.260. The third kappa shape index (κ3) is 5.16. The van der Waals surface area contributed by atoms with Crippen molar-refractivity contribution < 1.29 is 5.11 Å². The van der Waals surface area contributed by atoms with Crippen molar-refractivity contribution in [3.63, 3.8) is 0 Å². The van der Waals surface area contributed by atoms with Crippen LogP contribution in [-0.4, -0.2) is 27.7 Å². The molecule has 0 saturated heterocycles. The topological polar surface area (TPSA) is 45.5 Å². The van der Waals surface area contributed by atoms with E-state index < -0.39 is 0 Å². The Bertz CT molecular complexity index is 521. The second-order valence-electron chi connectivity index (χ2n) is 6.50. The summed E-state index contributed by atoms with van der Waals surface area (Å²) in [4.78, 5) is 14.2. The lowest BCUT2D eigenvalue weighted by Gasteiger charge is -2.25. The summed E-state index contributed by atoms with van der Waals surface area (Å²) in [6.07, 6.45) is 3.32. The average molecular weight is 308 g/mol. The Morgan fingerprint density at radius 3 is 2.55 bits per heavy atom. The minimum Gasteiger partial charge on any atom is -0.503 e. The van der Waals surface area contributed by atoms with E-state index in [0.29, 0.717) is 12.5 Å². The number of aryl methyl sites for hydroxylation is 1. The largest absolute Gasteiger partial charge is 0.503 e. The van der Waals surface area contributed by atoms with Gasteiger partial charge in [0.05, 0.1) is 5.69 Å². The molecule has 1 aromatic heterocycles. The zero-order valence-electron chi connectivity index (χ0n) is 14.9. The number of nitrogens with zero attached hydrogens (tertiary/aromatic N) is 2. The molecule has 0 fully saturated rings. The minimum atomic E-state index is -0.264. The monoisotopic (exact) mass is 308 g/mol. The van der Waals surface area contributed by atoms with Crippen LogP contribution >= 0.6 is 0 Å². The number of aromatic nitrogens is 1. The number of rotatable bonds is 9. The number of pyridine rings is 1. The SMILES string of the molecule is CCCCN(CC)Cc1c(O)c(=O)cc(C)n1CCC(C)C. The van der Waals surface area contributed by atoms with Gasteiger partial charge in [0.25, 0.3) is 0 Å². The molecule has 1 rings (SSSR count). The molecule has 4 nitrogen and oxygen atoms in total. The zero-order chi connectivity index (χ0) is 16.7. The smallest absolute Gasteiger partial charge is 0.223 e. The summed E-state index contributed by atoms with van der Waals surface area (Å²) in [5.74, 6) is 0.514. The molecule has 0 atom stereocenters. The van der Waals surface area contributed by atoms with Crippen LogP contribution in [0, 0.1) is 12.8 Å². The third-order valence-electron chi connectivity index (χ3n) is 4.18. The Kier molecular flexibility index (Phi) is 7.66. The van der Waals surface area contributed by atoms with Gasteiger partial charge in [-0.2, -0.15) is 0 Å². The van der Waals surface area contributed by atoms with Crippen molar-refractivity contribution in [1.29, 1.82) is 0 Å². The van der Waals surface area contributed by atoms with Gasteiger partial charge in [-0.3, -0.25) is 9.69 Å². The van der Waals surface area contributed by atoms with Crippen LogP contribution in [0.3, 0.4) is 0 Å². The van der Waals surface area contributed by atoms with Gasteiger partial charge in [-0.05, 0) is 38.8 Å². The molecule has 0 unspecified atom stereocenters. The van der Waals surface area contributed by atoms with Crippen LogP contribution in [0.1, 0.15) is 58.3 Å². The molecule has 0 aliphatic rings. The number of hydrogen-bond donors (Lipinski definition) is 1. The third-order valence-corrected chi connectivity index (χ3v) is 4.18. The highest BCUT2D eigenvalue weighted by Gasteiger charge is 2.16. The van der Waals surface area contributed by atoms with E-state index in [2.05, 4.69) is 37.2 Å². The van der Waals surface area contributed by atoms with Gasteiger partial charge in [-0.15, -0.1) is 0 Å². The molecule has 4 heteroatoms. The highest BCUT2D eigenvalue weighted by Crippen LogP contribution is 2.19. The summed E-state index contributed by atoms with van der Waals surface area (Å²) in [6.45, 7) is 14.0. The van der Waals surface area contributed by atoms with Gasteiger partial charge in [0.2, 0.25) is 5.43 Å². The van der Waals surface area contributed by atoms with E-state index in [1.165, 1.54) is 0 Å². The van der Waals surface area contributed by atoms with Crippen LogP contribution in [0.4, 0.5) is 0 Å². The highest BCUT2D eigenvalue weighted by atomic mass is 16.3. The first-order chi connectivity index (χ1) is 10.4. The number of hydrogen-bond acceptors (Lipinski definition) is 3. The maximum Gasteiger partial charge on any atom is 0.223 e. The van der Waals surface area contributed by atoms with Crippen LogP contribution in [0.25, 0.3) is 0 Å². The fraction of sp³-hybridized carbons (Fsp3) is 0.722. The predicted molar refractivity (Wildman–Crippen MR) is 92.4 cm³/mol. The van der Waals surface area contributed by atoms with Crippen molar-refractivity contribution in [2.75, 3.05) is 13.1 Å². The Morgan fingerprint density at radius 1 is 1.32 bits per heavy atom. The number of unbranched alkanes of at least 4 members (excludes halogenated alkanes) is 1. The summed E-state index contributed by atoms with van der Waals surface area (Å²) in [5, 5.41) is 10.3. The molecule has 1 heterocycles. The van der Waals surface area contributed by atoms with Gasteiger partial charge in [0.1, 0.15) is 0 Å². The second-order valence-corrected chi connectivity index (χ2v) is 6.50. The minimum absolute atomic E-state index is 0.0793. The van der Waals surface area contributed by atoms with Gasteiger partial charge < -0.3 is 9.67 Å². The summed E-state index contributed by atoms with van der Waals surface area (Å²) in [7, 11) is 0. The van der Waals surface area contributed by atoms with E-state index in [1.54, 1.807) is 6.07 Å². The average Bonchev–Trinajstić information content (AvgIpc) is 2.47. The van der Waals surface area contributed by atoms with Gasteiger partial charge in [0, 0.05) is 24.8 Å². The molecule has 126 valence electrons. The molecule has 1 N–H and O–H groups in total. The fourth-order valence-corrected chi connectivity index (χ4v) is 2.62. The Hall–Kier alpha value is -1.29. The maximum absolute atomic E-state index is 12.0. The Balaban J connectivity index is 3.10. The summed E-state index contributed by atoms with van der Waals surface area (Å²) >= 11 is 0. The second kappa shape index (κ2) is 8.99. The van der Waals surface area contributed by atoms with Crippen molar-refractivity contribution in [3.05, 3.63) is 27.7 Å². The zero-order valence-corrected chi connectivity index (χ0v) is 14.9. The molecule has 0 aromatic carbocycles. The van der Waals surface area contributed by atoms with Crippen LogP contribution in [0.2, 0.25) is 0 Å². The summed E-state index contributed by atoms with van der Waals surface area (Å²) in [6, 6.07) is 1.54. The molecule has 22 heavy (non-hydrogen) atoms. The molecule has 0 amide bonds. The van der Waals surface area contributed by atoms with Crippen LogP contribution in [0.15, 0.2) is 10.9 Å². The molecule has 0 radical (unpaired) electrons. The van der Waals surface area contributed by atoms with E-state index in [4.69, 9.17) is 0 Å². The molecule has 1 aromatic rings. The lowest BCUT2D eigenvalue weighted by atomic mass is 10.1.